The van der Waals surface area contributed by atoms with Crippen molar-refractivity contribution in [2.24, 2.45) is 16.7 Å². The molecule has 1 aliphatic rings. The highest BCUT2D eigenvalue weighted by molar-refractivity contribution is 5.85. The van der Waals surface area contributed by atoms with E-state index >= 15 is 0 Å². The molecule has 1 aliphatic carbocycles. The quantitative estimate of drug-likeness (QED) is 0.895. The third-order valence-electron chi connectivity index (χ3n) is 4.94. The summed E-state index contributed by atoms with van der Waals surface area (Å²) in [5.74, 6) is -2.71. The number of aliphatic carboxylic acids is 2. The molecule has 2 atom stereocenters. The van der Waals surface area contributed by atoms with Crippen molar-refractivity contribution in [1.29, 1.82) is 0 Å². The van der Waals surface area contributed by atoms with Gasteiger partial charge in [0, 0.05) is 0 Å². The second kappa shape index (κ2) is 5.02. The maximum absolute atomic E-state index is 11.7. The lowest BCUT2D eigenvalue weighted by Crippen LogP contribution is -2.42. The minimum atomic E-state index is -1.09. The van der Waals surface area contributed by atoms with Gasteiger partial charge in [-0.3, -0.25) is 9.59 Å². The van der Waals surface area contributed by atoms with E-state index in [2.05, 4.69) is 0 Å². The van der Waals surface area contributed by atoms with Gasteiger partial charge in [0.15, 0.2) is 0 Å². The molecule has 0 heterocycles. The van der Waals surface area contributed by atoms with Crippen molar-refractivity contribution >= 4 is 18.0 Å². The van der Waals surface area contributed by atoms with Crippen molar-refractivity contribution in [2.45, 2.75) is 27.2 Å². The number of carboxylic acids is 2. The molecule has 1 aromatic rings. The largest absolute Gasteiger partial charge is 0.481 e. The highest BCUT2D eigenvalue weighted by atomic mass is 16.4. The molecule has 0 radical (unpaired) electrons. The molecule has 2 N–H and O–H groups in total. The summed E-state index contributed by atoms with van der Waals surface area (Å²) in [4.78, 5) is 23.4. The summed E-state index contributed by atoms with van der Waals surface area (Å²) < 4.78 is 0. The van der Waals surface area contributed by atoms with E-state index in [-0.39, 0.29) is 6.42 Å². The molecule has 0 aliphatic heterocycles. The second-order valence-electron chi connectivity index (χ2n) is 6.44. The summed E-state index contributed by atoms with van der Waals surface area (Å²) in [6.07, 6.45) is 2.07. The number of benzene rings is 1. The fourth-order valence-electron chi connectivity index (χ4n) is 3.24. The highest BCUT2D eigenvalue weighted by Gasteiger charge is 2.60. The van der Waals surface area contributed by atoms with Gasteiger partial charge < -0.3 is 10.2 Å². The smallest absolute Gasteiger partial charge is 0.311 e. The Hall–Kier alpha value is -2.10. The molecule has 1 aromatic carbocycles. The molecule has 0 aromatic heterocycles. The van der Waals surface area contributed by atoms with Crippen LogP contribution in [0.1, 0.15) is 32.8 Å². The molecule has 0 amide bonds. The molecule has 1 fully saturated rings. The van der Waals surface area contributed by atoms with Gasteiger partial charge in [-0.25, -0.2) is 0 Å². The Bertz CT molecular complexity index is 600. The van der Waals surface area contributed by atoms with Crippen molar-refractivity contribution in [3.8, 4) is 0 Å². The van der Waals surface area contributed by atoms with Gasteiger partial charge in [-0.15, -0.1) is 0 Å². The summed E-state index contributed by atoms with van der Waals surface area (Å²) >= 11 is 0. The molecule has 4 nitrogen and oxygen atoms in total. The van der Waals surface area contributed by atoms with E-state index in [0.717, 1.165) is 5.56 Å². The van der Waals surface area contributed by atoms with E-state index < -0.39 is 28.7 Å². The van der Waals surface area contributed by atoms with Gasteiger partial charge in [0.05, 0.1) is 11.3 Å². The van der Waals surface area contributed by atoms with Crippen LogP contribution in [0.25, 0.3) is 6.08 Å². The summed E-state index contributed by atoms with van der Waals surface area (Å²) in [6.45, 7) is 5.09. The van der Waals surface area contributed by atoms with Crippen LogP contribution in [0.15, 0.2) is 35.9 Å². The van der Waals surface area contributed by atoms with E-state index in [1.807, 2.05) is 36.4 Å². The SMILES string of the molecule is CC1(C(=O)O)CC(=Cc2ccccc2)C(C(=O)O)C1(C)C. The van der Waals surface area contributed by atoms with Gasteiger partial charge in [-0.1, -0.05) is 55.8 Å². The van der Waals surface area contributed by atoms with Crippen LogP contribution in [-0.2, 0) is 9.59 Å². The zero-order valence-corrected chi connectivity index (χ0v) is 12.5. The fourth-order valence-corrected chi connectivity index (χ4v) is 3.24. The zero-order valence-electron chi connectivity index (χ0n) is 12.5. The van der Waals surface area contributed by atoms with E-state index in [4.69, 9.17) is 0 Å². The lowest BCUT2D eigenvalue weighted by Gasteiger charge is -2.36. The van der Waals surface area contributed by atoms with Crippen LogP contribution in [0.5, 0.6) is 0 Å². The van der Waals surface area contributed by atoms with Crippen LogP contribution >= 0.6 is 0 Å². The molecule has 0 saturated heterocycles. The van der Waals surface area contributed by atoms with Crippen LogP contribution in [-0.4, -0.2) is 22.2 Å². The molecular formula is C17H20O4. The third-order valence-corrected chi connectivity index (χ3v) is 4.94. The minimum Gasteiger partial charge on any atom is -0.481 e. The number of carboxylic acid groups (broad SMARTS) is 2. The Kier molecular flexibility index (Phi) is 3.66. The van der Waals surface area contributed by atoms with Crippen molar-refractivity contribution in [3.05, 3.63) is 41.5 Å². The van der Waals surface area contributed by atoms with Crippen LogP contribution in [0, 0.1) is 16.7 Å². The average Bonchev–Trinajstić information content (AvgIpc) is 2.58. The molecule has 4 heteroatoms. The number of hydrogen-bond acceptors (Lipinski definition) is 2. The summed E-state index contributed by atoms with van der Waals surface area (Å²) in [7, 11) is 0. The van der Waals surface area contributed by atoms with Crippen molar-refractivity contribution in [3.63, 3.8) is 0 Å². The third kappa shape index (κ3) is 2.35. The van der Waals surface area contributed by atoms with Crippen LogP contribution in [0.3, 0.4) is 0 Å². The fraction of sp³-hybridized carbons (Fsp3) is 0.412. The highest BCUT2D eigenvalue weighted by Crippen LogP contribution is 2.58. The Morgan fingerprint density at radius 2 is 1.71 bits per heavy atom. The molecule has 21 heavy (non-hydrogen) atoms. The normalized spacial score (nSPS) is 29.5. The Balaban J connectivity index is 2.54. The van der Waals surface area contributed by atoms with Gasteiger partial charge in [0.1, 0.15) is 0 Å². The van der Waals surface area contributed by atoms with Gasteiger partial charge in [0.2, 0.25) is 0 Å². The zero-order chi connectivity index (χ0) is 15.8. The first kappa shape index (κ1) is 15.3. The lowest BCUT2D eigenvalue weighted by molar-refractivity contribution is -0.157. The van der Waals surface area contributed by atoms with Crippen molar-refractivity contribution < 1.29 is 19.8 Å². The molecule has 1 saturated carbocycles. The number of rotatable bonds is 3. The van der Waals surface area contributed by atoms with Crippen molar-refractivity contribution in [2.75, 3.05) is 0 Å². The van der Waals surface area contributed by atoms with E-state index in [1.54, 1.807) is 20.8 Å². The molecular weight excluding hydrogens is 268 g/mol. The second-order valence-corrected chi connectivity index (χ2v) is 6.44. The van der Waals surface area contributed by atoms with E-state index in [9.17, 15) is 19.8 Å². The summed E-state index contributed by atoms with van der Waals surface area (Å²) in [5, 5.41) is 19.1. The summed E-state index contributed by atoms with van der Waals surface area (Å²) in [5.41, 5.74) is -0.380. The first-order valence-electron chi connectivity index (χ1n) is 6.92. The monoisotopic (exact) mass is 288 g/mol. The lowest BCUT2D eigenvalue weighted by atomic mass is 9.65. The van der Waals surface area contributed by atoms with Crippen LogP contribution in [0.2, 0.25) is 0 Å². The maximum Gasteiger partial charge on any atom is 0.311 e. The predicted octanol–water partition coefficient (Wildman–Crippen LogP) is 3.29. The van der Waals surface area contributed by atoms with Crippen molar-refractivity contribution in [1.82, 2.24) is 0 Å². The van der Waals surface area contributed by atoms with E-state index in [0.29, 0.717) is 5.57 Å². The van der Waals surface area contributed by atoms with Gasteiger partial charge >= 0.3 is 11.9 Å². The Morgan fingerprint density at radius 1 is 1.14 bits per heavy atom. The average molecular weight is 288 g/mol. The molecule has 2 rings (SSSR count). The van der Waals surface area contributed by atoms with Gasteiger partial charge in [0.25, 0.3) is 0 Å². The predicted molar refractivity (Wildman–Crippen MR) is 79.7 cm³/mol. The van der Waals surface area contributed by atoms with Gasteiger partial charge in [-0.2, -0.15) is 0 Å². The standard InChI is InChI=1S/C17H20O4/c1-16(2)13(14(18)19)12(10-17(16,3)15(20)21)9-11-7-5-4-6-8-11/h4-9,13H,10H2,1-3H3,(H,18,19)(H,20,21). The van der Waals surface area contributed by atoms with Crippen LogP contribution < -0.4 is 0 Å². The molecule has 112 valence electrons. The number of hydrogen-bond donors (Lipinski definition) is 2. The Labute approximate surface area is 124 Å². The maximum atomic E-state index is 11.7. The molecule has 2 unspecified atom stereocenters. The Morgan fingerprint density at radius 3 is 2.19 bits per heavy atom. The summed E-state index contributed by atoms with van der Waals surface area (Å²) in [6, 6.07) is 9.40. The number of carbonyl (C=O) groups is 2. The van der Waals surface area contributed by atoms with Gasteiger partial charge in [-0.05, 0) is 24.3 Å². The van der Waals surface area contributed by atoms with Crippen LogP contribution in [0.4, 0.5) is 0 Å². The molecule has 0 bridgehead atoms. The molecule has 0 spiro atoms. The first-order valence-corrected chi connectivity index (χ1v) is 6.92. The minimum absolute atomic E-state index is 0.251. The van der Waals surface area contributed by atoms with E-state index in [1.165, 1.54) is 0 Å². The first-order chi connectivity index (χ1) is 9.70. The topological polar surface area (TPSA) is 74.6 Å².